The molecule has 3 aromatic rings. The Hall–Kier alpha value is -4.19. The number of carbonyl (C=O) groups is 1. The molecule has 0 atom stereocenters. The highest BCUT2D eigenvalue weighted by atomic mass is 32.2. The van der Waals surface area contributed by atoms with Crippen LogP contribution in [-0.4, -0.2) is 51.8 Å². The summed E-state index contributed by atoms with van der Waals surface area (Å²) >= 11 is 1.23. The quantitative estimate of drug-likeness (QED) is 0.183. The van der Waals surface area contributed by atoms with Gasteiger partial charge in [-0.25, -0.2) is 5.43 Å². The number of aromatic nitrogens is 3. The van der Waals surface area contributed by atoms with Crippen LogP contribution >= 0.6 is 11.8 Å². The van der Waals surface area contributed by atoms with Crippen LogP contribution in [0.15, 0.2) is 58.8 Å². The van der Waals surface area contributed by atoms with Crippen LogP contribution in [0.1, 0.15) is 12.5 Å². The number of hydrogen-bond acceptors (Lipinski definition) is 9. The minimum atomic E-state index is -0.457. The number of rotatable bonds is 11. The van der Waals surface area contributed by atoms with Crippen LogP contribution in [0.25, 0.3) is 17.5 Å². The summed E-state index contributed by atoms with van der Waals surface area (Å²) in [5.41, 5.74) is 3.66. The van der Waals surface area contributed by atoms with Crippen molar-refractivity contribution in [2.24, 2.45) is 5.10 Å². The lowest BCUT2D eigenvalue weighted by Crippen LogP contribution is -2.19. The molecule has 1 heterocycles. The van der Waals surface area contributed by atoms with E-state index >= 15 is 0 Å². The molecule has 0 aliphatic heterocycles. The summed E-state index contributed by atoms with van der Waals surface area (Å²) < 4.78 is 12.5. The van der Waals surface area contributed by atoms with Crippen molar-refractivity contribution in [2.45, 2.75) is 18.6 Å². The lowest BCUT2D eigenvalue weighted by Gasteiger charge is -2.10. The summed E-state index contributed by atoms with van der Waals surface area (Å²) in [6, 6.07) is 11.8. The average molecular weight is 497 g/mol. The number of allylic oxidation sites excluding steroid dienone is 1. The number of ether oxygens (including phenoxy) is 2. The van der Waals surface area contributed by atoms with Gasteiger partial charge in [0.1, 0.15) is 0 Å². The maximum atomic E-state index is 12.2. The highest BCUT2D eigenvalue weighted by Crippen LogP contribution is 2.32. The van der Waals surface area contributed by atoms with Gasteiger partial charge in [-0.1, -0.05) is 23.9 Å². The predicted octanol–water partition coefficient (Wildman–Crippen LogP) is 3.80. The number of nitrogens with one attached hydrogen (secondary N) is 1. The molecular weight excluding hydrogens is 472 g/mol. The number of nitrogens with zero attached hydrogens (tertiary/aromatic N) is 5. The van der Waals surface area contributed by atoms with Crippen LogP contribution in [0.2, 0.25) is 0 Å². The molecule has 0 spiro atoms. The number of nitro groups is 1. The van der Waals surface area contributed by atoms with Crippen LogP contribution in [0.4, 0.5) is 5.69 Å². The maximum absolute atomic E-state index is 12.2. The second-order valence-electron chi connectivity index (χ2n) is 6.90. The van der Waals surface area contributed by atoms with E-state index in [0.717, 1.165) is 5.56 Å². The molecular formula is C23H24N6O5S. The zero-order chi connectivity index (χ0) is 25.2. The van der Waals surface area contributed by atoms with Gasteiger partial charge in [-0.2, -0.15) is 5.10 Å². The van der Waals surface area contributed by atoms with E-state index in [0.29, 0.717) is 34.6 Å². The summed E-state index contributed by atoms with van der Waals surface area (Å²) in [4.78, 5) is 22.7. The second kappa shape index (κ2) is 12.3. The van der Waals surface area contributed by atoms with Gasteiger partial charge >= 0.3 is 0 Å². The molecule has 1 aromatic heterocycles. The third kappa shape index (κ3) is 6.44. The summed E-state index contributed by atoms with van der Waals surface area (Å²) in [5, 5.41) is 24.0. The summed E-state index contributed by atoms with van der Waals surface area (Å²) in [6.07, 6.45) is 4.41. The van der Waals surface area contributed by atoms with Gasteiger partial charge in [-0.05, 0) is 43.3 Å². The first-order chi connectivity index (χ1) is 17.0. The smallest absolute Gasteiger partial charge is 0.276 e. The second-order valence-corrected chi connectivity index (χ2v) is 7.84. The van der Waals surface area contributed by atoms with Crippen molar-refractivity contribution in [2.75, 3.05) is 20.0 Å². The molecule has 1 amide bonds. The van der Waals surface area contributed by atoms with Gasteiger partial charge in [0, 0.05) is 24.4 Å². The Bertz CT molecular complexity index is 1260. The van der Waals surface area contributed by atoms with E-state index in [9.17, 15) is 14.9 Å². The number of thioether (sulfide) groups is 1. The van der Waals surface area contributed by atoms with Crippen molar-refractivity contribution in [3.8, 4) is 22.9 Å². The van der Waals surface area contributed by atoms with Gasteiger partial charge in [-0.15, -0.1) is 10.2 Å². The number of carbonyl (C=O) groups excluding carboxylic acids is 1. The number of nitro benzene ring substituents is 1. The Morgan fingerprint density at radius 1 is 1.20 bits per heavy atom. The minimum Gasteiger partial charge on any atom is -0.493 e. The first-order valence-corrected chi connectivity index (χ1v) is 11.5. The van der Waals surface area contributed by atoms with E-state index in [2.05, 4.69) is 20.7 Å². The highest BCUT2D eigenvalue weighted by Gasteiger charge is 2.16. The normalized spacial score (nSPS) is 11.2. The number of methoxy groups -OCH3 is 2. The zero-order valence-corrected chi connectivity index (χ0v) is 20.2. The van der Waals surface area contributed by atoms with Gasteiger partial charge < -0.3 is 14.0 Å². The van der Waals surface area contributed by atoms with Gasteiger partial charge in [0.15, 0.2) is 22.5 Å². The molecule has 0 aliphatic rings. The molecule has 0 bridgehead atoms. The molecule has 0 saturated heterocycles. The van der Waals surface area contributed by atoms with Crippen LogP contribution in [0, 0.1) is 10.1 Å². The van der Waals surface area contributed by atoms with Crippen molar-refractivity contribution in [3.05, 3.63) is 64.2 Å². The lowest BCUT2D eigenvalue weighted by molar-refractivity contribution is -0.385. The van der Waals surface area contributed by atoms with Crippen LogP contribution < -0.4 is 14.9 Å². The molecule has 0 fully saturated rings. The molecule has 3 rings (SSSR count). The molecule has 182 valence electrons. The van der Waals surface area contributed by atoms with Crippen molar-refractivity contribution in [3.63, 3.8) is 0 Å². The van der Waals surface area contributed by atoms with Gasteiger partial charge in [0.05, 0.1) is 30.5 Å². The molecule has 0 unspecified atom stereocenters. The number of amides is 1. The Morgan fingerprint density at radius 2 is 1.97 bits per heavy atom. The fraction of sp³-hybridized carbons (Fsp3) is 0.217. The maximum Gasteiger partial charge on any atom is 0.276 e. The average Bonchev–Trinajstić information content (AvgIpc) is 3.29. The third-order valence-electron chi connectivity index (χ3n) is 4.77. The SMILES string of the molecule is CCn1c(SCC(=O)NN=CC=Cc2ccccc2[N+](=O)[O-])nnc1-c1ccc(OC)c(OC)c1. The Kier molecular flexibility index (Phi) is 8.95. The molecule has 0 radical (unpaired) electrons. The van der Waals surface area contributed by atoms with Crippen molar-refractivity contribution < 1.29 is 19.2 Å². The van der Waals surface area contributed by atoms with Gasteiger partial charge in [-0.3, -0.25) is 14.9 Å². The number of benzene rings is 2. The van der Waals surface area contributed by atoms with E-state index in [1.165, 1.54) is 30.1 Å². The fourth-order valence-electron chi connectivity index (χ4n) is 3.13. The minimum absolute atomic E-state index is 0.00919. The molecule has 35 heavy (non-hydrogen) atoms. The van der Waals surface area contributed by atoms with E-state index in [4.69, 9.17) is 9.47 Å². The molecule has 12 heteroatoms. The number of para-hydroxylation sites is 1. The molecule has 1 N–H and O–H groups in total. The summed E-state index contributed by atoms with van der Waals surface area (Å²) in [5.74, 6) is 1.59. The zero-order valence-electron chi connectivity index (χ0n) is 19.4. The van der Waals surface area contributed by atoms with E-state index in [1.54, 1.807) is 44.6 Å². The molecule has 2 aromatic carbocycles. The van der Waals surface area contributed by atoms with E-state index in [1.807, 2.05) is 23.6 Å². The Morgan fingerprint density at radius 3 is 2.69 bits per heavy atom. The Labute approximate surface area is 206 Å². The largest absolute Gasteiger partial charge is 0.493 e. The summed E-state index contributed by atoms with van der Waals surface area (Å²) in [7, 11) is 3.14. The first kappa shape index (κ1) is 25.4. The number of hydrazone groups is 1. The first-order valence-electron chi connectivity index (χ1n) is 10.5. The standard InChI is InChI=1S/C23H24N6O5S/c1-4-28-22(17-11-12-19(33-2)20(14-17)34-3)26-27-23(28)35-15-21(30)25-24-13-7-9-16-8-5-6-10-18(16)29(31)32/h5-14H,4,15H2,1-3H3,(H,25,30). The number of hydrogen-bond donors (Lipinski definition) is 1. The van der Waals surface area contributed by atoms with Gasteiger partial charge in [0.25, 0.3) is 11.6 Å². The lowest BCUT2D eigenvalue weighted by atomic mass is 10.2. The molecule has 11 nitrogen and oxygen atoms in total. The topological polar surface area (TPSA) is 134 Å². The van der Waals surface area contributed by atoms with Crippen molar-refractivity contribution >= 4 is 35.6 Å². The van der Waals surface area contributed by atoms with Gasteiger partial charge in [0.2, 0.25) is 0 Å². The fourth-order valence-corrected chi connectivity index (χ4v) is 3.92. The van der Waals surface area contributed by atoms with Crippen LogP contribution in [-0.2, 0) is 11.3 Å². The highest BCUT2D eigenvalue weighted by molar-refractivity contribution is 7.99. The summed E-state index contributed by atoms with van der Waals surface area (Å²) in [6.45, 7) is 2.57. The van der Waals surface area contributed by atoms with E-state index < -0.39 is 4.92 Å². The van der Waals surface area contributed by atoms with Crippen LogP contribution in [0.3, 0.4) is 0 Å². The van der Waals surface area contributed by atoms with Crippen molar-refractivity contribution in [1.29, 1.82) is 0 Å². The molecule has 0 saturated carbocycles. The monoisotopic (exact) mass is 496 g/mol. The van der Waals surface area contributed by atoms with Crippen LogP contribution in [0.5, 0.6) is 11.5 Å². The third-order valence-corrected chi connectivity index (χ3v) is 5.73. The van der Waals surface area contributed by atoms with Crippen molar-refractivity contribution in [1.82, 2.24) is 20.2 Å². The molecule has 0 aliphatic carbocycles. The Balaban J connectivity index is 1.59. The predicted molar refractivity (Wildman–Crippen MR) is 134 cm³/mol. The van der Waals surface area contributed by atoms with E-state index in [-0.39, 0.29) is 17.3 Å².